The van der Waals surface area contributed by atoms with E-state index in [2.05, 4.69) is 22.3 Å². The number of nitrogens with zero attached hydrogens (tertiary/aromatic N) is 1. The maximum atomic E-state index is 12.3. The van der Waals surface area contributed by atoms with Gasteiger partial charge in [-0.25, -0.2) is 0 Å². The molecule has 1 N–H and O–H groups in total. The molecule has 1 amide bonds. The van der Waals surface area contributed by atoms with Crippen LogP contribution in [0.25, 0.3) is 0 Å². The second kappa shape index (κ2) is 8.06. The van der Waals surface area contributed by atoms with Gasteiger partial charge in [-0.3, -0.25) is 4.79 Å². The van der Waals surface area contributed by atoms with Gasteiger partial charge in [-0.2, -0.15) is 0 Å². The molecule has 0 aromatic heterocycles. The van der Waals surface area contributed by atoms with Crippen molar-refractivity contribution in [2.24, 2.45) is 0 Å². The zero-order valence-electron chi connectivity index (χ0n) is 15.0. The van der Waals surface area contributed by atoms with Crippen LogP contribution in [0.15, 0.2) is 48.5 Å². The van der Waals surface area contributed by atoms with Crippen LogP contribution in [0.2, 0.25) is 0 Å². The summed E-state index contributed by atoms with van der Waals surface area (Å²) in [7, 11) is 0. The zero-order valence-corrected chi connectivity index (χ0v) is 15.0. The number of carbonyl (C=O) groups excluding carboxylic acids is 1. The Hall–Kier alpha value is -2.49. The third-order valence-electron chi connectivity index (χ3n) is 4.56. The van der Waals surface area contributed by atoms with E-state index in [-0.39, 0.29) is 5.91 Å². The van der Waals surface area contributed by atoms with E-state index in [4.69, 9.17) is 4.74 Å². The second-order valence-electron chi connectivity index (χ2n) is 6.66. The van der Waals surface area contributed by atoms with Crippen LogP contribution in [0, 0.1) is 6.92 Å². The van der Waals surface area contributed by atoms with Crippen LogP contribution in [-0.4, -0.2) is 25.1 Å². The predicted molar refractivity (Wildman–Crippen MR) is 102 cm³/mol. The molecule has 2 aromatic rings. The predicted octanol–water partition coefficient (Wildman–Crippen LogP) is 4.39. The van der Waals surface area contributed by atoms with Crippen molar-refractivity contribution >= 4 is 17.3 Å². The van der Waals surface area contributed by atoms with Crippen molar-refractivity contribution in [2.75, 3.05) is 23.3 Å². The van der Waals surface area contributed by atoms with E-state index in [9.17, 15) is 4.79 Å². The number of anilines is 2. The Labute approximate surface area is 149 Å². The van der Waals surface area contributed by atoms with Crippen molar-refractivity contribution in [2.45, 2.75) is 39.2 Å². The third-order valence-corrected chi connectivity index (χ3v) is 4.56. The summed E-state index contributed by atoms with van der Waals surface area (Å²) in [5.41, 5.74) is 3.19. The maximum Gasteiger partial charge on any atom is 0.265 e. The molecule has 2 aromatic carbocycles. The Kier molecular flexibility index (Phi) is 5.59. The van der Waals surface area contributed by atoms with Crippen molar-refractivity contribution in [3.8, 4) is 5.75 Å². The number of piperidine rings is 1. The minimum atomic E-state index is -0.551. The molecule has 4 nitrogen and oxygen atoms in total. The number of nitrogens with one attached hydrogen (secondary N) is 1. The number of hydrogen-bond donors (Lipinski definition) is 1. The SMILES string of the molecule is Cc1ccc(O[C@@H](C)C(=O)Nc2ccc(N3CCCCC3)cc2)cc1. The Morgan fingerprint density at radius 2 is 1.64 bits per heavy atom. The van der Waals surface area contributed by atoms with E-state index < -0.39 is 6.10 Å². The van der Waals surface area contributed by atoms with Gasteiger partial charge in [0.25, 0.3) is 5.91 Å². The highest BCUT2D eigenvalue weighted by Crippen LogP contribution is 2.22. The standard InChI is InChI=1S/C21H26N2O2/c1-16-6-12-20(13-7-16)25-17(2)21(24)22-18-8-10-19(11-9-18)23-14-4-3-5-15-23/h6-13,17H,3-5,14-15H2,1-2H3,(H,22,24)/t17-/m0/s1. The molecule has 1 heterocycles. The number of carbonyl (C=O) groups is 1. The summed E-state index contributed by atoms with van der Waals surface area (Å²) in [5, 5.41) is 2.92. The normalized spacial score (nSPS) is 15.5. The van der Waals surface area contributed by atoms with Gasteiger partial charge in [0.15, 0.2) is 6.10 Å². The molecule has 0 aliphatic carbocycles. The summed E-state index contributed by atoms with van der Waals surface area (Å²) in [4.78, 5) is 14.7. The fraction of sp³-hybridized carbons (Fsp3) is 0.381. The number of aryl methyl sites for hydroxylation is 1. The lowest BCUT2D eigenvalue weighted by molar-refractivity contribution is -0.122. The quantitative estimate of drug-likeness (QED) is 0.879. The van der Waals surface area contributed by atoms with Gasteiger partial charge < -0.3 is 15.0 Å². The van der Waals surface area contributed by atoms with Crippen LogP contribution in [-0.2, 0) is 4.79 Å². The maximum absolute atomic E-state index is 12.3. The third kappa shape index (κ3) is 4.75. The van der Waals surface area contributed by atoms with Gasteiger partial charge in [0.1, 0.15) is 5.75 Å². The van der Waals surface area contributed by atoms with Crippen molar-refractivity contribution in [1.29, 1.82) is 0 Å². The van der Waals surface area contributed by atoms with Crippen LogP contribution in [0.3, 0.4) is 0 Å². The highest BCUT2D eigenvalue weighted by molar-refractivity contribution is 5.94. The fourth-order valence-corrected chi connectivity index (χ4v) is 3.03. The summed E-state index contributed by atoms with van der Waals surface area (Å²) < 4.78 is 5.70. The Morgan fingerprint density at radius 1 is 1.00 bits per heavy atom. The van der Waals surface area contributed by atoms with Crippen LogP contribution in [0.4, 0.5) is 11.4 Å². The lowest BCUT2D eigenvalue weighted by atomic mass is 10.1. The molecule has 1 aliphatic heterocycles. The van der Waals surface area contributed by atoms with Crippen LogP contribution < -0.4 is 15.0 Å². The van der Waals surface area contributed by atoms with Crippen molar-refractivity contribution in [1.82, 2.24) is 0 Å². The molecule has 0 radical (unpaired) electrons. The monoisotopic (exact) mass is 338 g/mol. The average molecular weight is 338 g/mol. The molecular formula is C21H26N2O2. The first-order valence-corrected chi connectivity index (χ1v) is 9.01. The molecule has 1 fully saturated rings. The van der Waals surface area contributed by atoms with Crippen LogP contribution >= 0.6 is 0 Å². The summed E-state index contributed by atoms with van der Waals surface area (Å²) >= 11 is 0. The van der Waals surface area contributed by atoms with Gasteiger partial charge in [0, 0.05) is 24.5 Å². The molecule has 0 unspecified atom stereocenters. The van der Waals surface area contributed by atoms with Gasteiger partial charge in [0.2, 0.25) is 0 Å². The van der Waals surface area contributed by atoms with Crippen LogP contribution in [0.1, 0.15) is 31.7 Å². The topological polar surface area (TPSA) is 41.6 Å². The molecule has 132 valence electrons. The molecule has 3 rings (SSSR count). The van der Waals surface area contributed by atoms with Crippen molar-refractivity contribution in [3.05, 3.63) is 54.1 Å². The molecule has 4 heteroatoms. The Balaban J connectivity index is 1.55. The Morgan fingerprint density at radius 3 is 2.28 bits per heavy atom. The number of benzene rings is 2. The van der Waals surface area contributed by atoms with Crippen molar-refractivity contribution < 1.29 is 9.53 Å². The highest BCUT2D eigenvalue weighted by atomic mass is 16.5. The van der Waals surface area contributed by atoms with E-state index in [1.165, 1.54) is 30.5 Å². The fourth-order valence-electron chi connectivity index (χ4n) is 3.03. The van der Waals surface area contributed by atoms with Gasteiger partial charge in [-0.15, -0.1) is 0 Å². The Bertz CT molecular complexity index is 689. The number of amides is 1. The molecule has 0 saturated carbocycles. The van der Waals surface area contributed by atoms with E-state index in [1.807, 2.05) is 43.3 Å². The first kappa shape index (κ1) is 17.3. The molecule has 0 spiro atoms. The molecule has 1 saturated heterocycles. The van der Waals surface area contributed by atoms with E-state index >= 15 is 0 Å². The lowest BCUT2D eigenvalue weighted by Gasteiger charge is -2.28. The average Bonchev–Trinajstić information content (AvgIpc) is 2.65. The smallest absolute Gasteiger partial charge is 0.265 e. The van der Waals surface area contributed by atoms with Gasteiger partial charge in [-0.05, 0) is 69.5 Å². The summed E-state index contributed by atoms with van der Waals surface area (Å²) in [6.07, 6.45) is 3.28. The molecule has 1 aliphatic rings. The first-order valence-electron chi connectivity index (χ1n) is 9.01. The van der Waals surface area contributed by atoms with Gasteiger partial charge in [0.05, 0.1) is 0 Å². The summed E-state index contributed by atoms with van der Waals surface area (Å²) in [5.74, 6) is 0.556. The first-order chi connectivity index (χ1) is 12.1. The molecule has 1 atom stereocenters. The lowest BCUT2D eigenvalue weighted by Crippen LogP contribution is -2.30. The number of hydrogen-bond acceptors (Lipinski definition) is 3. The molecule has 25 heavy (non-hydrogen) atoms. The largest absolute Gasteiger partial charge is 0.481 e. The highest BCUT2D eigenvalue weighted by Gasteiger charge is 2.15. The van der Waals surface area contributed by atoms with E-state index in [0.717, 1.165) is 18.8 Å². The van der Waals surface area contributed by atoms with Crippen molar-refractivity contribution in [3.63, 3.8) is 0 Å². The number of ether oxygens (including phenoxy) is 1. The van der Waals surface area contributed by atoms with Gasteiger partial charge in [-0.1, -0.05) is 17.7 Å². The van der Waals surface area contributed by atoms with E-state index in [0.29, 0.717) is 5.75 Å². The summed E-state index contributed by atoms with van der Waals surface area (Å²) in [6, 6.07) is 15.8. The minimum Gasteiger partial charge on any atom is -0.481 e. The summed E-state index contributed by atoms with van der Waals surface area (Å²) in [6.45, 7) is 6.02. The van der Waals surface area contributed by atoms with Gasteiger partial charge >= 0.3 is 0 Å². The molecule has 0 bridgehead atoms. The van der Waals surface area contributed by atoms with E-state index in [1.54, 1.807) is 6.92 Å². The molecular weight excluding hydrogens is 312 g/mol. The minimum absolute atomic E-state index is 0.147. The zero-order chi connectivity index (χ0) is 17.6. The number of rotatable bonds is 5. The van der Waals surface area contributed by atoms with Crippen LogP contribution in [0.5, 0.6) is 5.75 Å². The second-order valence-corrected chi connectivity index (χ2v) is 6.66.